The minimum Gasteiger partial charge on any atom is -0.0391 e. The van der Waals surface area contributed by atoms with E-state index in [1.165, 1.54) is 5.92 Å². The topological polar surface area (TPSA) is 0 Å². The molecule has 4 atom stereocenters. The van der Waals surface area contributed by atoms with E-state index in [4.69, 9.17) is 11.2 Å². The van der Waals surface area contributed by atoms with Crippen LogP contribution in [0.3, 0.4) is 0 Å². The van der Waals surface area contributed by atoms with E-state index in [0.717, 1.165) is 29.1 Å². The van der Waals surface area contributed by atoms with Gasteiger partial charge in [-0.05, 0) is 12.3 Å². The van der Waals surface area contributed by atoms with Crippen molar-refractivity contribution in [1.29, 1.82) is 0 Å². The van der Waals surface area contributed by atoms with E-state index in [1.54, 1.807) is 6.42 Å². The molecular formula is C8H11ClP+. The van der Waals surface area contributed by atoms with Gasteiger partial charge in [0, 0.05) is 17.8 Å². The van der Waals surface area contributed by atoms with Gasteiger partial charge in [-0.25, -0.2) is 0 Å². The molecule has 0 N–H and O–H groups in total. The van der Waals surface area contributed by atoms with Crippen LogP contribution >= 0.6 is 17.9 Å². The van der Waals surface area contributed by atoms with Gasteiger partial charge in [0.1, 0.15) is 6.62 Å². The Morgan fingerprint density at radius 2 is 1.80 bits per heavy atom. The third kappa shape index (κ3) is 0.285. The fraction of sp³-hybridized carbons (Fsp3) is 1.00. The van der Waals surface area contributed by atoms with Crippen molar-refractivity contribution in [3.05, 3.63) is 0 Å². The first-order chi connectivity index (χ1) is 4.73. The molecule has 4 saturated carbocycles. The molecule has 2 heteroatoms. The fourth-order valence-electron chi connectivity index (χ4n) is 4.59. The Morgan fingerprint density at radius 1 is 1.20 bits per heavy atom. The van der Waals surface area contributed by atoms with Crippen LogP contribution in [-0.4, -0.2) is 18.0 Å². The van der Waals surface area contributed by atoms with E-state index in [9.17, 15) is 0 Å². The van der Waals surface area contributed by atoms with Crippen LogP contribution in [0.15, 0.2) is 0 Å². The number of hydrogen-bond donors (Lipinski definition) is 0. The molecule has 5 rings (SSSR count). The second kappa shape index (κ2) is 1.12. The van der Waals surface area contributed by atoms with Gasteiger partial charge < -0.3 is 0 Å². The second-order valence-electron chi connectivity index (χ2n) is 4.73. The lowest BCUT2D eigenvalue weighted by Gasteiger charge is -2.39. The highest BCUT2D eigenvalue weighted by Gasteiger charge is 2.93. The number of rotatable bonds is 0. The van der Waals surface area contributed by atoms with E-state index >= 15 is 0 Å². The van der Waals surface area contributed by atoms with Crippen LogP contribution in [0.2, 0.25) is 0 Å². The van der Waals surface area contributed by atoms with Crippen LogP contribution in [0.4, 0.5) is 0 Å². The third-order valence-electron chi connectivity index (χ3n) is 4.67. The largest absolute Gasteiger partial charge is 0.118 e. The van der Waals surface area contributed by atoms with Crippen LogP contribution < -0.4 is 0 Å². The maximum atomic E-state index is 6.53. The molecule has 10 heavy (non-hydrogen) atoms. The predicted molar refractivity (Wildman–Crippen MR) is 44.9 cm³/mol. The Labute approximate surface area is 66.5 Å². The molecule has 1 heterocycles. The van der Waals surface area contributed by atoms with Gasteiger partial charge >= 0.3 is 0 Å². The van der Waals surface area contributed by atoms with Crippen molar-refractivity contribution in [2.45, 2.75) is 17.7 Å². The lowest BCUT2D eigenvalue weighted by molar-refractivity contribution is 0.560. The number of halogens is 1. The van der Waals surface area contributed by atoms with Crippen molar-refractivity contribution < 1.29 is 0 Å². The minimum atomic E-state index is -0.836. The van der Waals surface area contributed by atoms with Crippen molar-refractivity contribution in [1.82, 2.24) is 0 Å². The van der Waals surface area contributed by atoms with Crippen LogP contribution in [0.5, 0.6) is 0 Å². The van der Waals surface area contributed by atoms with Gasteiger partial charge in [-0.3, -0.25) is 0 Å². The van der Waals surface area contributed by atoms with Crippen LogP contribution in [0, 0.1) is 23.7 Å². The fourth-order valence-corrected chi connectivity index (χ4v) is 10.6. The van der Waals surface area contributed by atoms with Crippen molar-refractivity contribution in [3.63, 3.8) is 0 Å². The maximum Gasteiger partial charge on any atom is 0.118 e. The standard InChI is InChI=1S/C8H11ClP/c1-10(9)7-4-2-3-5(7)6(3)8(4)10/h3-8H,2H2,1H3/q+1. The first kappa shape index (κ1) is 5.38. The predicted octanol–water partition coefficient (Wildman–Crippen LogP) is 2.43. The summed E-state index contributed by atoms with van der Waals surface area (Å²) < 4.78 is 0. The Morgan fingerprint density at radius 3 is 2.10 bits per heavy atom. The van der Waals surface area contributed by atoms with Crippen LogP contribution in [0.1, 0.15) is 6.42 Å². The molecule has 54 valence electrons. The van der Waals surface area contributed by atoms with Crippen LogP contribution in [0.25, 0.3) is 0 Å². The van der Waals surface area contributed by atoms with Crippen molar-refractivity contribution >= 4 is 17.9 Å². The first-order valence-corrected chi connectivity index (χ1v) is 7.56. The van der Waals surface area contributed by atoms with E-state index in [1.807, 2.05) is 0 Å². The van der Waals surface area contributed by atoms with Gasteiger partial charge in [0.15, 0.2) is 0 Å². The molecular weight excluding hydrogens is 163 g/mol. The van der Waals surface area contributed by atoms with Crippen LogP contribution in [-0.2, 0) is 0 Å². The Bertz CT molecular complexity index is 213. The molecule has 5 aliphatic rings. The molecule has 0 spiro atoms. The lowest BCUT2D eigenvalue weighted by Crippen LogP contribution is -2.36. The average Bonchev–Trinajstić information content (AvgIpc) is 2.38. The average molecular weight is 174 g/mol. The van der Waals surface area contributed by atoms with Gasteiger partial charge in [0.05, 0.1) is 29.2 Å². The molecule has 0 radical (unpaired) electrons. The summed E-state index contributed by atoms with van der Waals surface area (Å²) in [6, 6.07) is 0. The van der Waals surface area contributed by atoms with Gasteiger partial charge in [0.25, 0.3) is 0 Å². The molecule has 6 bridgehead atoms. The van der Waals surface area contributed by atoms with Gasteiger partial charge in [0.2, 0.25) is 0 Å². The quantitative estimate of drug-likeness (QED) is 0.494. The summed E-state index contributed by atoms with van der Waals surface area (Å²) in [6.07, 6.45) is 1.58. The lowest BCUT2D eigenvalue weighted by atomic mass is 10.1. The molecule has 0 nitrogen and oxygen atoms in total. The van der Waals surface area contributed by atoms with Crippen molar-refractivity contribution in [2.75, 3.05) is 6.66 Å². The summed E-state index contributed by atoms with van der Waals surface area (Å²) in [5, 5.41) is 0. The molecule has 0 aromatic carbocycles. The Hall–Kier alpha value is 0.720. The SMILES string of the molecule is C[P+]1(Cl)C2C3CC4C2C4C31. The van der Waals surface area contributed by atoms with Gasteiger partial charge in [-0.2, -0.15) is 0 Å². The molecule has 0 aromatic heterocycles. The molecule has 4 unspecified atom stereocenters. The summed E-state index contributed by atoms with van der Waals surface area (Å²) in [4.78, 5) is 0. The monoisotopic (exact) mass is 173 g/mol. The Balaban J connectivity index is 1.95. The summed E-state index contributed by atoms with van der Waals surface area (Å²) in [6.45, 7) is 1.55. The molecule has 0 aromatic rings. The normalized spacial score (nSPS) is 87.0. The van der Waals surface area contributed by atoms with E-state index in [-0.39, 0.29) is 0 Å². The highest BCUT2D eigenvalue weighted by molar-refractivity contribution is 8.01. The summed E-state index contributed by atoms with van der Waals surface area (Å²) in [7, 11) is 0. The zero-order chi connectivity index (χ0) is 6.67. The third-order valence-corrected chi connectivity index (χ3v) is 9.81. The van der Waals surface area contributed by atoms with E-state index in [0.29, 0.717) is 0 Å². The molecule has 1 aliphatic heterocycles. The maximum absolute atomic E-state index is 6.53. The molecule has 4 aliphatic carbocycles. The highest BCUT2D eigenvalue weighted by atomic mass is 35.7. The van der Waals surface area contributed by atoms with Crippen molar-refractivity contribution in [2.24, 2.45) is 23.7 Å². The summed E-state index contributed by atoms with van der Waals surface area (Å²) >= 11 is 6.53. The zero-order valence-corrected chi connectivity index (χ0v) is 7.65. The van der Waals surface area contributed by atoms with E-state index < -0.39 is 6.62 Å². The molecule has 1 saturated heterocycles. The zero-order valence-electron chi connectivity index (χ0n) is 6.00. The Kier molecular flexibility index (Phi) is 0.601. The van der Waals surface area contributed by atoms with E-state index in [2.05, 4.69) is 6.66 Å². The minimum absolute atomic E-state index is 0.836. The van der Waals surface area contributed by atoms with Gasteiger partial charge in [-0.1, -0.05) is 0 Å². The molecule has 5 fully saturated rings. The smallest absolute Gasteiger partial charge is 0.0391 e. The van der Waals surface area contributed by atoms with Crippen molar-refractivity contribution in [3.8, 4) is 0 Å². The second-order valence-corrected chi connectivity index (χ2v) is 10.2. The summed E-state index contributed by atoms with van der Waals surface area (Å²) in [5.74, 6) is 4.64. The highest BCUT2D eigenvalue weighted by Crippen LogP contribution is 3.00. The summed E-state index contributed by atoms with van der Waals surface area (Å²) in [5.41, 5.74) is 2.13. The number of hydrogen-bond acceptors (Lipinski definition) is 0. The molecule has 0 amide bonds. The van der Waals surface area contributed by atoms with Gasteiger partial charge in [-0.15, -0.1) is 0 Å². The first-order valence-electron chi connectivity index (χ1n) is 4.28.